The van der Waals surface area contributed by atoms with Crippen LogP contribution in [0.5, 0.6) is 5.75 Å². The summed E-state index contributed by atoms with van der Waals surface area (Å²) in [4.78, 5) is 24.7. The third kappa shape index (κ3) is 3.07. The molecule has 0 saturated heterocycles. The van der Waals surface area contributed by atoms with Gasteiger partial charge in [0, 0.05) is 12.3 Å². The minimum Gasteiger partial charge on any atom is -0.482 e. The number of fused-ring (bicyclic) bond motifs is 2. The number of hydrogen-bond acceptors (Lipinski definition) is 5. The SMILES string of the molecule is C=N/C=C\C(=C/C)c1ccc2nc(C)n(-c3ccc4c(c3)OCC(=O)N4)c2n1. The Bertz CT molecular complexity index is 1160. The van der Waals surface area contributed by atoms with Crippen molar-refractivity contribution >= 4 is 35.0 Å². The van der Waals surface area contributed by atoms with Crippen molar-refractivity contribution in [3.8, 4) is 11.4 Å². The van der Waals surface area contributed by atoms with Gasteiger partial charge in [0.2, 0.25) is 0 Å². The topological polar surface area (TPSA) is 81.4 Å². The standard InChI is InChI=1S/C21H19N5O2/c1-4-14(9-10-22-3)16-7-8-18-21(25-16)26(13(2)23-18)15-5-6-17-19(11-15)28-12-20(27)24-17/h4-11H,3,12H2,1-2H3,(H,24,27)/b10-9-,14-4+. The molecular formula is C21H19N5O2. The molecule has 0 fully saturated rings. The number of carbonyl (C=O) groups excluding carboxylic acids is 1. The second-order valence-electron chi connectivity index (χ2n) is 6.29. The molecule has 28 heavy (non-hydrogen) atoms. The van der Waals surface area contributed by atoms with Gasteiger partial charge in [-0.15, -0.1) is 0 Å². The lowest BCUT2D eigenvalue weighted by molar-refractivity contribution is -0.118. The van der Waals surface area contributed by atoms with Crippen molar-refractivity contribution in [1.82, 2.24) is 14.5 Å². The largest absolute Gasteiger partial charge is 0.482 e. The Balaban J connectivity index is 1.84. The smallest absolute Gasteiger partial charge is 0.262 e. The Hall–Kier alpha value is -3.74. The van der Waals surface area contributed by atoms with Crippen LogP contribution >= 0.6 is 0 Å². The average molecular weight is 373 g/mol. The molecule has 0 bridgehead atoms. The van der Waals surface area contributed by atoms with E-state index in [1.54, 1.807) is 6.20 Å². The molecule has 7 heteroatoms. The maximum atomic E-state index is 11.5. The summed E-state index contributed by atoms with van der Waals surface area (Å²) in [5.74, 6) is 1.28. The normalized spacial score (nSPS) is 14.1. The molecule has 0 atom stereocenters. The Labute approximate surface area is 162 Å². The van der Waals surface area contributed by atoms with Gasteiger partial charge >= 0.3 is 0 Å². The van der Waals surface area contributed by atoms with Gasteiger partial charge in [-0.2, -0.15) is 0 Å². The zero-order valence-electron chi connectivity index (χ0n) is 15.6. The van der Waals surface area contributed by atoms with Crippen molar-refractivity contribution in [2.75, 3.05) is 11.9 Å². The van der Waals surface area contributed by atoms with Crippen molar-refractivity contribution in [3.05, 3.63) is 60.2 Å². The Morgan fingerprint density at radius 3 is 2.96 bits per heavy atom. The Morgan fingerprint density at radius 1 is 1.32 bits per heavy atom. The number of pyridine rings is 1. The molecule has 1 aliphatic heterocycles. The quantitative estimate of drug-likeness (QED) is 0.559. The lowest BCUT2D eigenvalue weighted by Crippen LogP contribution is -2.25. The molecule has 0 unspecified atom stereocenters. The number of hydrogen-bond donors (Lipinski definition) is 1. The summed E-state index contributed by atoms with van der Waals surface area (Å²) in [6.45, 7) is 7.36. The molecule has 1 amide bonds. The second-order valence-corrected chi connectivity index (χ2v) is 6.29. The van der Waals surface area contributed by atoms with E-state index in [1.165, 1.54) is 0 Å². The monoisotopic (exact) mass is 373 g/mol. The van der Waals surface area contributed by atoms with Gasteiger partial charge < -0.3 is 10.1 Å². The number of aryl methyl sites for hydroxylation is 1. The molecule has 1 N–H and O–H groups in total. The highest BCUT2D eigenvalue weighted by Crippen LogP contribution is 2.32. The number of anilines is 1. The number of imidazole rings is 1. The molecule has 3 aromatic rings. The van der Waals surface area contributed by atoms with Crippen LogP contribution in [0.15, 0.2) is 53.7 Å². The predicted molar refractivity (Wildman–Crippen MR) is 110 cm³/mol. The summed E-state index contributed by atoms with van der Waals surface area (Å²) in [6, 6.07) is 9.51. The van der Waals surface area contributed by atoms with Crippen LogP contribution in [0.4, 0.5) is 5.69 Å². The fourth-order valence-electron chi connectivity index (χ4n) is 3.21. The van der Waals surface area contributed by atoms with Crippen LogP contribution in [0.3, 0.4) is 0 Å². The van der Waals surface area contributed by atoms with Crippen LogP contribution in [0.1, 0.15) is 18.4 Å². The van der Waals surface area contributed by atoms with Gasteiger partial charge in [0.1, 0.15) is 17.1 Å². The van der Waals surface area contributed by atoms with E-state index in [-0.39, 0.29) is 12.5 Å². The van der Waals surface area contributed by atoms with Gasteiger partial charge in [0.25, 0.3) is 5.91 Å². The highest BCUT2D eigenvalue weighted by atomic mass is 16.5. The first-order chi connectivity index (χ1) is 13.6. The van der Waals surface area contributed by atoms with Crippen LogP contribution in [0, 0.1) is 6.92 Å². The number of allylic oxidation sites excluding steroid dienone is 3. The summed E-state index contributed by atoms with van der Waals surface area (Å²) in [5.41, 5.74) is 4.83. The summed E-state index contributed by atoms with van der Waals surface area (Å²) < 4.78 is 7.52. The lowest BCUT2D eigenvalue weighted by Gasteiger charge is -2.19. The van der Waals surface area contributed by atoms with Crippen LogP contribution < -0.4 is 10.1 Å². The summed E-state index contributed by atoms with van der Waals surface area (Å²) in [5, 5.41) is 2.80. The molecule has 7 nitrogen and oxygen atoms in total. The number of rotatable bonds is 4. The number of nitrogens with one attached hydrogen (secondary N) is 1. The van der Waals surface area contributed by atoms with Crippen molar-refractivity contribution in [2.45, 2.75) is 13.8 Å². The molecule has 2 aromatic heterocycles. The Kier molecular flexibility index (Phi) is 4.49. The number of carbonyl (C=O) groups is 1. The van der Waals surface area contributed by atoms with E-state index in [0.717, 1.165) is 33.9 Å². The molecule has 0 radical (unpaired) electrons. The molecule has 1 aromatic carbocycles. The van der Waals surface area contributed by atoms with E-state index >= 15 is 0 Å². The average Bonchev–Trinajstić information content (AvgIpc) is 3.03. The van der Waals surface area contributed by atoms with Crippen LogP contribution in [0.25, 0.3) is 22.4 Å². The maximum absolute atomic E-state index is 11.5. The third-order valence-corrected chi connectivity index (χ3v) is 4.49. The predicted octanol–water partition coefficient (Wildman–Crippen LogP) is 3.68. The fourth-order valence-corrected chi connectivity index (χ4v) is 3.21. The zero-order valence-corrected chi connectivity index (χ0v) is 15.6. The molecule has 0 saturated carbocycles. The molecule has 140 valence electrons. The minimum absolute atomic E-state index is 0.0108. The van der Waals surface area contributed by atoms with Crippen LogP contribution in [-0.4, -0.2) is 33.8 Å². The fraction of sp³-hybridized carbons (Fsp3) is 0.143. The molecule has 0 spiro atoms. The van der Waals surface area contributed by atoms with Gasteiger partial charge in [-0.05, 0) is 56.5 Å². The van der Waals surface area contributed by atoms with E-state index in [0.29, 0.717) is 11.4 Å². The third-order valence-electron chi connectivity index (χ3n) is 4.49. The number of aromatic nitrogens is 3. The van der Waals surface area contributed by atoms with Gasteiger partial charge in [0.05, 0.1) is 17.1 Å². The van der Waals surface area contributed by atoms with Crippen LogP contribution in [0.2, 0.25) is 0 Å². The summed E-state index contributed by atoms with van der Waals surface area (Å²) in [6.07, 6.45) is 5.47. The minimum atomic E-state index is -0.156. The first-order valence-electron chi connectivity index (χ1n) is 8.83. The molecule has 3 heterocycles. The highest BCUT2D eigenvalue weighted by Gasteiger charge is 2.18. The first kappa shape index (κ1) is 17.7. The van der Waals surface area contributed by atoms with E-state index in [9.17, 15) is 4.79 Å². The molecule has 1 aliphatic rings. The van der Waals surface area contributed by atoms with Gasteiger partial charge in [0.15, 0.2) is 12.3 Å². The molecule has 0 aliphatic carbocycles. The number of aliphatic imine (C=N–C) groups is 1. The van der Waals surface area contributed by atoms with Gasteiger partial charge in [-0.1, -0.05) is 6.08 Å². The van der Waals surface area contributed by atoms with E-state index < -0.39 is 0 Å². The number of benzene rings is 1. The van der Waals surface area contributed by atoms with E-state index in [4.69, 9.17) is 9.72 Å². The van der Waals surface area contributed by atoms with E-state index in [2.05, 4.69) is 22.0 Å². The van der Waals surface area contributed by atoms with Crippen molar-refractivity contribution in [2.24, 2.45) is 4.99 Å². The number of amides is 1. The first-order valence-corrected chi connectivity index (χ1v) is 8.83. The highest BCUT2D eigenvalue weighted by molar-refractivity contribution is 5.95. The molecular weight excluding hydrogens is 354 g/mol. The lowest BCUT2D eigenvalue weighted by atomic mass is 10.1. The van der Waals surface area contributed by atoms with Crippen molar-refractivity contribution in [3.63, 3.8) is 0 Å². The van der Waals surface area contributed by atoms with E-state index in [1.807, 2.05) is 60.9 Å². The summed E-state index contributed by atoms with van der Waals surface area (Å²) >= 11 is 0. The van der Waals surface area contributed by atoms with Crippen molar-refractivity contribution < 1.29 is 9.53 Å². The van der Waals surface area contributed by atoms with Crippen molar-refractivity contribution in [1.29, 1.82) is 0 Å². The number of nitrogens with zero attached hydrogens (tertiary/aromatic N) is 4. The number of ether oxygens (including phenoxy) is 1. The molecule has 4 rings (SSSR count). The maximum Gasteiger partial charge on any atom is 0.262 e. The Morgan fingerprint density at radius 2 is 2.18 bits per heavy atom. The summed E-state index contributed by atoms with van der Waals surface area (Å²) in [7, 11) is 0. The van der Waals surface area contributed by atoms with Gasteiger partial charge in [-0.3, -0.25) is 14.4 Å². The zero-order chi connectivity index (χ0) is 19.7. The van der Waals surface area contributed by atoms with Gasteiger partial charge in [-0.25, -0.2) is 9.97 Å². The van der Waals surface area contributed by atoms with Crippen LogP contribution in [-0.2, 0) is 4.79 Å². The second kappa shape index (κ2) is 7.11.